The van der Waals surface area contributed by atoms with Crippen molar-refractivity contribution < 1.29 is 13.9 Å². The lowest BCUT2D eigenvalue weighted by molar-refractivity contribution is -0.143. The van der Waals surface area contributed by atoms with Gasteiger partial charge in [-0.25, -0.2) is 14.4 Å². The van der Waals surface area contributed by atoms with E-state index in [1.165, 1.54) is 6.33 Å². The van der Waals surface area contributed by atoms with Gasteiger partial charge in [-0.2, -0.15) is 0 Å². The number of nitrogens with one attached hydrogen (secondary N) is 1. The number of esters is 1. The molecule has 1 aromatic carbocycles. The molecule has 1 aliphatic heterocycles. The number of carbonyl (C=O) groups is 1. The van der Waals surface area contributed by atoms with Crippen molar-refractivity contribution in [1.82, 2.24) is 9.97 Å². The Balaban J connectivity index is 1.62. The predicted octanol–water partition coefficient (Wildman–Crippen LogP) is 1.31. The van der Waals surface area contributed by atoms with Gasteiger partial charge in [0.05, 0.1) is 23.8 Å². The summed E-state index contributed by atoms with van der Waals surface area (Å²) in [4.78, 5) is 23.7. The molecule has 1 saturated heterocycles. The van der Waals surface area contributed by atoms with Crippen LogP contribution in [0.5, 0.6) is 0 Å². The third kappa shape index (κ3) is 4.69. The Morgan fingerprint density at radius 3 is 2.52 bits per heavy atom. The highest BCUT2D eigenvalue weighted by atomic mass is 19.1. The van der Waals surface area contributed by atoms with E-state index in [4.69, 9.17) is 15.9 Å². The fourth-order valence-corrected chi connectivity index (χ4v) is 2.95. The zero-order chi connectivity index (χ0) is 19.2. The molecule has 3 rings (SSSR count). The van der Waals surface area contributed by atoms with Gasteiger partial charge >= 0.3 is 5.97 Å². The largest absolute Gasteiger partial charge is 0.460 e. The minimum Gasteiger partial charge on any atom is -0.460 e. The maximum atomic E-state index is 14.9. The first kappa shape index (κ1) is 18.6. The summed E-state index contributed by atoms with van der Waals surface area (Å²) < 4.78 is 19.9. The molecule has 1 aromatic heterocycles. The fourth-order valence-electron chi connectivity index (χ4n) is 2.95. The number of aromatic nitrogens is 2. The summed E-state index contributed by atoms with van der Waals surface area (Å²) in [6, 6.07) is 5.04. The third-order valence-electron chi connectivity index (χ3n) is 4.31. The smallest absolute Gasteiger partial charge is 0.313 e. The standard InChI is InChI=1S/C18H21FN6O2/c19-18-13(11-27-17(26)8-16(20)21)2-1-3-15(18)25-6-4-24(5-7-25)14-9-22-12-23-10-14/h1-3,9-10,12H,4-8,11H2,(H3,20,21). The molecular weight excluding hydrogens is 351 g/mol. The Kier molecular flexibility index (Phi) is 5.80. The van der Waals surface area contributed by atoms with Crippen LogP contribution in [-0.4, -0.2) is 48.0 Å². The van der Waals surface area contributed by atoms with Gasteiger partial charge in [-0.05, 0) is 6.07 Å². The van der Waals surface area contributed by atoms with Gasteiger partial charge in [-0.15, -0.1) is 0 Å². The van der Waals surface area contributed by atoms with Crippen LogP contribution in [0.1, 0.15) is 12.0 Å². The van der Waals surface area contributed by atoms with Crippen molar-refractivity contribution in [3.8, 4) is 0 Å². The van der Waals surface area contributed by atoms with Crippen molar-refractivity contribution in [2.24, 2.45) is 5.73 Å². The Labute approximate surface area is 156 Å². The van der Waals surface area contributed by atoms with E-state index in [1.807, 2.05) is 4.90 Å². The SMILES string of the molecule is N=C(N)CC(=O)OCc1cccc(N2CCN(c3cncnc3)CC2)c1F. The zero-order valence-electron chi connectivity index (χ0n) is 14.8. The van der Waals surface area contributed by atoms with Gasteiger partial charge in [-0.1, -0.05) is 12.1 Å². The average molecular weight is 372 g/mol. The summed E-state index contributed by atoms with van der Waals surface area (Å²) in [5.74, 6) is -1.33. The summed E-state index contributed by atoms with van der Waals surface area (Å²) in [5, 5.41) is 7.08. The third-order valence-corrected chi connectivity index (χ3v) is 4.31. The van der Waals surface area contributed by atoms with E-state index in [0.29, 0.717) is 24.3 Å². The van der Waals surface area contributed by atoms with Crippen LogP contribution in [0.15, 0.2) is 36.9 Å². The molecule has 1 fully saturated rings. The number of hydrogen-bond donors (Lipinski definition) is 2. The number of piperazine rings is 1. The first-order valence-corrected chi connectivity index (χ1v) is 8.55. The first-order chi connectivity index (χ1) is 13.0. The van der Waals surface area contributed by atoms with Crippen LogP contribution in [0.2, 0.25) is 0 Å². The first-order valence-electron chi connectivity index (χ1n) is 8.55. The minimum absolute atomic E-state index is 0.187. The van der Waals surface area contributed by atoms with Crippen LogP contribution in [0.4, 0.5) is 15.8 Å². The second kappa shape index (κ2) is 8.43. The number of benzene rings is 1. The van der Waals surface area contributed by atoms with Gasteiger partial charge < -0.3 is 20.3 Å². The summed E-state index contributed by atoms with van der Waals surface area (Å²) in [6.07, 6.45) is 4.72. The highest BCUT2D eigenvalue weighted by Crippen LogP contribution is 2.25. The van der Waals surface area contributed by atoms with Crippen molar-refractivity contribution in [1.29, 1.82) is 5.41 Å². The second-order valence-corrected chi connectivity index (χ2v) is 6.18. The maximum absolute atomic E-state index is 14.9. The van der Waals surface area contributed by atoms with E-state index in [-0.39, 0.29) is 18.9 Å². The molecule has 27 heavy (non-hydrogen) atoms. The highest BCUT2D eigenvalue weighted by molar-refractivity contribution is 5.94. The topological polar surface area (TPSA) is 108 Å². The Morgan fingerprint density at radius 2 is 1.85 bits per heavy atom. The molecule has 0 aliphatic carbocycles. The molecule has 142 valence electrons. The van der Waals surface area contributed by atoms with Gasteiger partial charge in [0.2, 0.25) is 0 Å². The summed E-state index contributed by atoms with van der Waals surface area (Å²) in [5.41, 5.74) is 6.88. The molecule has 3 N–H and O–H groups in total. The molecular formula is C18H21FN6O2. The number of nitrogens with zero attached hydrogens (tertiary/aromatic N) is 4. The van der Waals surface area contributed by atoms with E-state index in [1.54, 1.807) is 30.6 Å². The van der Waals surface area contributed by atoms with Crippen molar-refractivity contribution in [2.75, 3.05) is 36.0 Å². The fraction of sp³-hybridized carbons (Fsp3) is 0.333. The average Bonchev–Trinajstić information content (AvgIpc) is 2.67. The lowest BCUT2D eigenvalue weighted by Crippen LogP contribution is -2.47. The van der Waals surface area contributed by atoms with Gasteiger partial charge in [0.25, 0.3) is 0 Å². The van der Waals surface area contributed by atoms with Crippen LogP contribution in [0.25, 0.3) is 0 Å². The van der Waals surface area contributed by atoms with Crippen LogP contribution in [-0.2, 0) is 16.1 Å². The van der Waals surface area contributed by atoms with Gasteiger partial charge in [0.1, 0.15) is 25.2 Å². The van der Waals surface area contributed by atoms with E-state index in [9.17, 15) is 9.18 Å². The summed E-state index contributed by atoms with van der Waals surface area (Å²) in [7, 11) is 0. The van der Waals surface area contributed by atoms with Crippen molar-refractivity contribution in [2.45, 2.75) is 13.0 Å². The number of anilines is 2. The number of halogens is 1. The molecule has 9 heteroatoms. The van der Waals surface area contributed by atoms with Crippen molar-refractivity contribution in [3.63, 3.8) is 0 Å². The molecule has 0 radical (unpaired) electrons. The minimum atomic E-state index is -0.647. The van der Waals surface area contributed by atoms with Crippen LogP contribution >= 0.6 is 0 Å². The Bertz CT molecular complexity index is 809. The number of amidine groups is 1. The van der Waals surface area contributed by atoms with Gasteiger partial charge in [-0.3, -0.25) is 10.2 Å². The van der Waals surface area contributed by atoms with Crippen molar-refractivity contribution >= 4 is 23.2 Å². The van der Waals surface area contributed by atoms with Crippen molar-refractivity contribution in [3.05, 3.63) is 48.3 Å². The Morgan fingerprint density at radius 1 is 1.19 bits per heavy atom. The lowest BCUT2D eigenvalue weighted by atomic mass is 10.1. The molecule has 0 saturated carbocycles. The Hall–Kier alpha value is -3.23. The van der Waals surface area contributed by atoms with Gasteiger partial charge in [0, 0.05) is 31.7 Å². The molecule has 0 atom stereocenters. The van der Waals surface area contributed by atoms with E-state index in [2.05, 4.69) is 14.9 Å². The van der Waals surface area contributed by atoms with Gasteiger partial charge in [0.15, 0.2) is 5.82 Å². The predicted molar refractivity (Wildman–Crippen MR) is 99.2 cm³/mol. The number of nitrogens with two attached hydrogens (primary N) is 1. The number of rotatable bonds is 6. The second-order valence-electron chi connectivity index (χ2n) is 6.18. The maximum Gasteiger partial charge on any atom is 0.313 e. The zero-order valence-corrected chi connectivity index (χ0v) is 14.8. The van der Waals surface area contributed by atoms with E-state index in [0.717, 1.165) is 18.8 Å². The van der Waals surface area contributed by atoms with Crippen LogP contribution in [0, 0.1) is 11.2 Å². The molecule has 0 bridgehead atoms. The molecule has 1 aliphatic rings. The summed E-state index contributed by atoms with van der Waals surface area (Å²) >= 11 is 0. The normalized spacial score (nSPS) is 14.1. The quantitative estimate of drug-likeness (QED) is 0.447. The van der Waals surface area contributed by atoms with E-state index >= 15 is 0 Å². The molecule has 8 nitrogen and oxygen atoms in total. The molecule has 2 heterocycles. The number of ether oxygens (including phenoxy) is 1. The van der Waals surface area contributed by atoms with Crippen LogP contribution in [0.3, 0.4) is 0 Å². The molecule has 0 amide bonds. The molecule has 0 spiro atoms. The summed E-state index contributed by atoms with van der Waals surface area (Å²) in [6.45, 7) is 2.57. The van der Waals surface area contributed by atoms with Crippen LogP contribution < -0.4 is 15.5 Å². The monoisotopic (exact) mass is 372 g/mol. The highest BCUT2D eigenvalue weighted by Gasteiger charge is 2.21. The number of carbonyl (C=O) groups excluding carboxylic acids is 1. The lowest BCUT2D eigenvalue weighted by Gasteiger charge is -2.37. The number of hydrogen-bond acceptors (Lipinski definition) is 7. The van der Waals surface area contributed by atoms with E-state index < -0.39 is 11.8 Å². The molecule has 2 aromatic rings. The molecule has 0 unspecified atom stereocenters.